The molecule has 0 aromatic heterocycles. The predicted molar refractivity (Wildman–Crippen MR) is 115 cm³/mol. The number of esters is 1. The number of Topliss-reactive ketones (excluding diaryl/α,β-unsaturated/α-hetero) is 1. The summed E-state index contributed by atoms with van der Waals surface area (Å²) in [6.45, 7) is 14.9. The Morgan fingerprint density at radius 1 is 0.750 bits per heavy atom. The van der Waals surface area contributed by atoms with E-state index >= 15 is 0 Å². The molecule has 0 saturated heterocycles. The van der Waals surface area contributed by atoms with Gasteiger partial charge in [-0.25, -0.2) is 24.1 Å². The molecule has 168 valence electrons. The Labute approximate surface area is 186 Å². The van der Waals surface area contributed by atoms with Crippen LogP contribution in [0.5, 0.6) is 0 Å². The van der Waals surface area contributed by atoms with E-state index in [9.17, 15) is 19.2 Å². The van der Waals surface area contributed by atoms with Crippen molar-refractivity contribution in [2.24, 2.45) is 0 Å². The van der Waals surface area contributed by atoms with Gasteiger partial charge < -0.3 is 18.9 Å². The van der Waals surface area contributed by atoms with Crippen LogP contribution in [0.4, 0.5) is 21.0 Å². The van der Waals surface area contributed by atoms with E-state index in [0.29, 0.717) is 16.9 Å². The second kappa shape index (κ2) is 15.2. The second-order valence-electron chi connectivity index (χ2n) is 5.38. The van der Waals surface area contributed by atoms with E-state index in [0.717, 1.165) is 7.11 Å². The van der Waals surface area contributed by atoms with Gasteiger partial charge in [0, 0.05) is 12.6 Å². The van der Waals surface area contributed by atoms with Gasteiger partial charge in [-0.2, -0.15) is 0 Å². The maximum Gasteiger partial charge on any atom is 0.516 e. The van der Waals surface area contributed by atoms with Gasteiger partial charge in [-0.1, -0.05) is 36.4 Å². The van der Waals surface area contributed by atoms with Crippen molar-refractivity contribution in [2.75, 3.05) is 21.3 Å². The third-order valence-corrected chi connectivity index (χ3v) is 3.27. The van der Waals surface area contributed by atoms with E-state index in [2.05, 4.69) is 28.6 Å². The van der Waals surface area contributed by atoms with Crippen molar-refractivity contribution in [1.29, 1.82) is 0 Å². The molecule has 0 fully saturated rings. The number of ether oxygens (including phenoxy) is 4. The summed E-state index contributed by atoms with van der Waals surface area (Å²) in [6, 6.07) is 12.5. The van der Waals surface area contributed by atoms with Crippen molar-refractivity contribution in [1.82, 2.24) is 0 Å². The van der Waals surface area contributed by atoms with Crippen molar-refractivity contribution in [3.05, 3.63) is 82.5 Å². The van der Waals surface area contributed by atoms with Crippen molar-refractivity contribution >= 4 is 35.4 Å². The molecule has 0 amide bonds. The molecule has 0 aliphatic rings. The normalized spacial score (nSPS) is 8.44. The molecule has 10 heteroatoms. The van der Waals surface area contributed by atoms with Crippen LogP contribution < -0.4 is 0 Å². The minimum absolute atomic E-state index is 0. The highest BCUT2D eigenvalue weighted by Crippen LogP contribution is 2.15. The summed E-state index contributed by atoms with van der Waals surface area (Å²) in [7, 11) is 3.61. The molecule has 2 aromatic rings. The number of rotatable bonds is 2. The fraction of sp³-hybridized carbons (Fsp3) is 0.182. The third-order valence-electron chi connectivity index (χ3n) is 3.27. The number of methoxy groups -OCH3 is 3. The summed E-state index contributed by atoms with van der Waals surface area (Å²) in [5.41, 5.74) is 1.54. The van der Waals surface area contributed by atoms with Gasteiger partial charge in [0.15, 0.2) is 17.2 Å². The van der Waals surface area contributed by atoms with Crippen molar-refractivity contribution in [2.45, 2.75) is 6.92 Å². The Morgan fingerprint density at radius 3 is 1.56 bits per heavy atom. The van der Waals surface area contributed by atoms with E-state index in [1.54, 1.807) is 30.3 Å². The van der Waals surface area contributed by atoms with Gasteiger partial charge in [0.05, 0.1) is 34.5 Å². The quantitative estimate of drug-likeness (QED) is 0.268. The predicted octanol–water partition coefficient (Wildman–Crippen LogP) is 5.25. The SMILES string of the molecule is COC(=O)OC.[C-]#[N+]c1cccc(C(=O)OC(=O)OC)c1.[C-]#[N+]c1cccc(C(C)=O)c1.[HH]. The molecule has 10 nitrogen and oxygen atoms in total. The first-order valence-electron chi connectivity index (χ1n) is 8.60. The molecular weight excluding hydrogens is 420 g/mol. The minimum Gasteiger partial charge on any atom is -0.438 e. The Balaban J connectivity index is 0. The Bertz CT molecular complexity index is 1040. The zero-order valence-corrected chi connectivity index (χ0v) is 17.8. The molecule has 0 unspecified atom stereocenters. The summed E-state index contributed by atoms with van der Waals surface area (Å²) in [5.74, 6) is -0.845. The molecular formula is C22H22N2O8. The lowest BCUT2D eigenvalue weighted by Crippen LogP contribution is -2.12. The molecule has 0 saturated carbocycles. The number of hydrogen-bond acceptors (Lipinski definition) is 8. The van der Waals surface area contributed by atoms with Gasteiger partial charge >= 0.3 is 18.3 Å². The third kappa shape index (κ3) is 10.7. The fourth-order valence-corrected chi connectivity index (χ4v) is 1.76. The van der Waals surface area contributed by atoms with Crippen LogP contribution >= 0.6 is 0 Å². The molecule has 2 aromatic carbocycles. The number of nitrogens with zero attached hydrogens (tertiary/aromatic N) is 2. The van der Waals surface area contributed by atoms with Crippen molar-refractivity contribution in [3.8, 4) is 0 Å². The number of ketones is 1. The summed E-state index contributed by atoms with van der Waals surface area (Å²) in [6.07, 6.45) is -1.73. The lowest BCUT2D eigenvalue weighted by molar-refractivity contribution is 0.0451. The van der Waals surface area contributed by atoms with Gasteiger partial charge in [0.25, 0.3) is 0 Å². The average Bonchev–Trinajstić information content (AvgIpc) is 2.84. The van der Waals surface area contributed by atoms with E-state index < -0.39 is 18.3 Å². The van der Waals surface area contributed by atoms with Gasteiger partial charge in [-0.05, 0) is 19.1 Å². The second-order valence-corrected chi connectivity index (χ2v) is 5.38. The molecule has 0 atom stereocenters. The largest absolute Gasteiger partial charge is 0.516 e. The van der Waals surface area contributed by atoms with Crippen LogP contribution in [0, 0.1) is 13.1 Å². The van der Waals surface area contributed by atoms with Crippen LogP contribution in [0.15, 0.2) is 48.5 Å². The zero-order valence-electron chi connectivity index (χ0n) is 17.8. The molecule has 0 radical (unpaired) electrons. The lowest BCUT2D eigenvalue weighted by Gasteiger charge is -2.01. The van der Waals surface area contributed by atoms with Crippen LogP contribution in [0.25, 0.3) is 9.69 Å². The minimum atomic E-state index is -1.08. The Hall–Kier alpha value is -4.70. The topological polar surface area (TPSA) is 114 Å². The molecule has 0 N–H and O–H groups in total. The smallest absolute Gasteiger partial charge is 0.438 e. The van der Waals surface area contributed by atoms with Crippen molar-refractivity contribution in [3.63, 3.8) is 0 Å². The monoisotopic (exact) mass is 442 g/mol. The standard InChI is InChI=1S/C10H7NO4.C9H7NO.C3H6O3.H2/c1-11-8-5-3-4-7(6-8)9(12)15-10(13)14-2;1-7(11)8-4-3-5-9(6-8)10-2;1-5-3(4)6-2;/h3-6H,2H3;3-6H,1H3;1-2H3;1H. The lowest BCUT2D eigenvalue weighted by atomic mass is 10.1. The van der Waals surface area contributed by atoms with E-state index in [1.807, 2.05) is 0 Å². The zero-order chi connectivity index (χ0) is 24.5. The number of carbonyl (C=O) groups excluding carboxylic acids is 4. The van der Waals surface area contributed by atoms with Gasteiger partial charge in [0.1, 0.15) is 0 Å². The first kappa shape index (κ1) is 27.3. The summed E-state index contributed by atoms with van der Waals surface area (Å²) in [4.78, 5) is 48.8. The van der Waals surface area contributed by atoms with E-state index in [1.165, 1.54) is 39.3 Å². The molecule has 0 bridgehead atoms. The van der Waals surface area contributed by atoms with Crippen LogP contribution in [0.3, 0.4) is 0 Å². The van der Waals surface area contributed by atoms with E-state index in [4.69, 9.17) is 13.1 Å². The van der Waals surface area contributed by atoms with E-state index in [-0.39, 0.29) is 12.8 Å². The number of carbonyl (C=O) groups is 4. The highest BCUT2D eigenvalue weighted by Gasteiger charge is 2.12. The molecule has 0 spiro atoms. The molecule has 32 heavy (non-hydrogen) atoms. The van der Waals surface area contributed by atoms with Crippen LogP contribution in [0.1, 0.15) is 29.1 Å². The van der Waals surface area contributed by atoms with Crippen LogP contribution in [0.2, 0.25) is 0 Å². The van der Waals surface area contributed by atoms with Crippen molar-refractivity contribution < 1.29 is 39.6 Å². The summed E-state index contributed by atoms with van der Waals surface area (Å²) >= 11 is 0. The first-order valence-corrected chi connectivity index (χ1v) is 8.60. The first-order chi connectivity index (χ1) is 15.2. The highest BCUT2D eigenvalue weighted by molar-refractivity contribution is 5.96. The van der Waals surface area contributed by atoms with Crippen LogP contribution in [-0.4, -0.2) is 45.4 Å². The van der Waals surface area contributed by atoms with Gasteiger partial charge in [-0.15, -0.1) is 0 Å². The molecule has 0 heterocycles. The Kier molecular flexibility index (Phi) is 13.0. The maximum atomic E-state index is 11.3. The molecule has 0 aliphatic carbocycles. The average molecular weight is 442 g/mol. The number of benzene rings is 2. The summed E-state index contributed by atoms with van der Waals surface area (Å²) < 4.78 is 16.5. The maximum absolute atomic E-state index is 11.3. The van der Waals surface area contributed by atoms with Gasteiger partial charge in [0.2, 0.25) is 0 Å². The number of hydrogen-bond donors (Lipinski definition) is 0. The summed E-state index contributed by atoms with van der Waals surface area (Å²) in [5, 5.41) is 0. The molecule has 2 rings (SSSR count). The highest BCUT2D eigenvalue weighted by atomic mass is 16.7. The Morgan fingerprint density at radius 2 is 1.19 bits per heavy atom. The fourth-order valence-electron chi connectivity index (χ4n) is 1.76. The van der Waals surface area contributed by atoms with Gasteiger partial charge in [-0.3, -0.25) is 4.79 Å². The molecule has 0 aliphatic heterocycles. The van der Waals surface area contributed by atoms with Crippen LogP contribution in [-0.2, 0) is 18.9 Å².